The SMILES string of the molecule is CC(C)C(CCN)NC(=O)C1CC1C. The summed E-state index contributed by atoms with van der Waals surface area (Å²) in [6.07, 6.45) is 1.93. The number of nitrogens with two attached hydrogens (primary N) is 1. The molecule has 3 N–H and O–H groups in total. The fraction of sp³-hybridized carbons (Fsp3) is 0.909. The van der Waals surface area contributed by atoms with E-state index in [0.717, 1.165) is 12.8 Å². The molecule has 1 rings (SSSR count). The van der Waals surface area contributed by atoms with E-state index in [9.17, 15) is 4.79 Å². The third-order valence-electron chi connectivity index (χ3n) is 3.06. The lowest BCUT2D eigenvalue weighted by atomic mass is 10.0. The average Bonchev–Trinajstić information content (AvgIpc) is 2.81. The van der Waals surface area contributed by atoms with Gasteiger partial charge in [0.1, 0.15) is 0 Å². The van der Waals surface area contributed by atoms with Gasteiger partial charge in [-0.1, -0.05) is 20.8 Å². The maximum absolute atomic E-state index is 11.7. The van der Waals surface area contributed by atoms with Gasteiger partial charge in [-0.25, -0.2) is 0 Å². The molecule has 82 valence electrons. The van der Waals surface area contributed by atoms with Crippen molar-refractivity contribution in [2.75, 3.05) is 6.54 Å². The van der Waals surface area contributed by atoms with E-state index in [1.807, 2.05) is 0 Å². The highest BCUT2D eigenvalue weighted by Crippen LogP contribution is 2.37. The van der Waals surface area contributed by atoms with Crippen molar-refractivity contribution < 1.29 is 4.79 Å². The smallest absolute Gasteiger partial charge is 0.223 e. The molecule has 0 aliphatic heterocycles. The Bertz CT molecular complexity index is 203. The zero-order valence-electron chi connectivity index (χ0n) is 9.42. The fourth-order valence-electron chi connectivity index (χ4n) is 1.73. The highest BCUT2D eigenvalue weighted by molar-refractivity contribution is 5.81. The Kier molecular flexibility index (Phi) is 3.93. The van der Waals surface area contributed by atoms with E-state index in [2.05, 4.69) is 26.1 Å². The Balaban J connectivity index is 2.35. The molecule has 0 aromatic carbocycles. The lowest BCUT2D eigenvalue weighted by Crippen LogP contribution is -2.40. The normalized spacial score (nSPS) is 27.5. The first-order valence-corrected chi connectivity index (χ1v) is 5.56. The summed E-state index contributed by atoms with van der Waals surface area (Å²) in [5, 5.41) is 3.09. The molecule has 1 fully saturated rings. The number of hydrogen-bond donors (Lipinski definition) is 2. The van der Waals surface area contributed by atoms with Crippen molar-refractivity contribution >= 4 is 5.91 Å². The Labute approximate surface area is 86.4 Å². The molecular weight excluding hydrogens is 176 g/mol. The molecule has 0 spiro atoms. The van der Waals surface area contributed by atoms with Crippen LogP contribution in [0.3, 0.4) is 0 Å². The predicted octanol–water partition coefficient (Wildman–Crippen LogP) is 1.13. The van der Waals surface area contributed by atoms with Gasteiger partial charge in [-0.15, -0.1) is 0 Å². The van der Waals surface area contributed by atoms with Gasteiger partial charge in [0.15, 0.2) is 0 Å². The van der Waals surface area contributed by atoms with Crippen LogP contribution in [0.2, 0.25) is 0 Å². The Morgan fingerprint density at radius 2 is 2.14 bits per heavy atom. The molecular formula is C11H22N2O. The first-order chi connectivity index (χ1) is 6.56. The van der Waals surface area contributed by atoms with Crippen molar-refractivity contribution in [3.05, 3.63) is 0 Å². The maximum atomic E-state index is 11.7. The second-order valence-corrected chi connectivity index (χ2v) is 4.76. The van der Waals surface area contributed by atoms with Crippen LogP contribution in [0.1, 0.15) is 33.6 Å². The number of rotatable bonds is 5. The van der Waals surface area contributed by atoms with Crippen LogP contribution in [-0.2, 0) is 4.79 Å². The summed E-state index contributed by atoms with van der Waals surface area (Å²) in [6.45, 7) is 7.01. The van der Waals surface area contributed by atoms with E-state index in [1.165, 1.54) is 0 Å². The molecule has 3 atom stereocenters. The summed E-state index contributed by atoms with van der Waals surface area (Å²) in [5.41, 5.74) is 5.51. The van der Waals surface area contributed by atoms with Crippen LogP contribution in [0.4, 0.5) is 0 Å². The van der Waals surface area contributed by atoms with Gasteiger partial charge in [-0.2, -0.15) is 0 Å². The van der Waals surface area contributed by atoms with E-state index < -0.39 is 0 Å². The monoisotopic (exact) mass is 198 g/mol. The Morgan fingerprint density at radius 1 is 1.57 bits per heavy atom. The van der Waals surface area contributed by atoms with Crippen LogP contribution in [-0.4, -0.2) is 18.5 Å². The van der Waals surface area contributed by atoms with Gasteiger partial charge >= 0.3 is 0 Å². The van der Waals surface area contributed by atoms with Crippen molar-refractivity contribution in [1.82, 2.24) is 5.32 Å². The van der Waals surface area contributed by atoms with Crippen LogP contribution in [0.5, 0.6) is 0 Å². The number of amides is 1. The maximum Gasteiger partial charge on any atom is 0.223 e. The zero-order chi connectivity index (χ0) is 10.7. The van der Waals surface area contributed by atoms with Crippen molar-refractivity contribution in [3.63, 3.8) is 0 Å². The highest BCUT2D eigenvalue weighted by atomic mass is 16.2. The molecule has 0 heterocycles. The fourth-order valence-corrected chi connectivity index (χ4v) is 1.73. The van der Waals surface area contributed by atoms with E-state index in [-0.39, 0.29) is 17.9 Å². The quantitative estimate of drug-likeness (QED) is 0.696. The Morgan fingerprint density at radius 3 is 2.50 bits per heavy atom. The average molecular weight is 198 g/mol. The third kappa shape index (κ3) is 2.98. The van der Waals surface area contributed by atoms with Gasteiger partial charge in [0, 0.05) is 12.0 Å². The number of nitrogens with one attached hydrogen (secondary N) is 1. The van der Waals surface area contributed by atoms with Crippen LogP contribution in [0.15, 0.2) is 0 Å². The van der Waals surface area contributed by atoms with E-state index in [1.54, 1.807) is 0 Å². The summed E-state index contributed by atoms with van der Waals surface area (Å²) in [6, 6.07) is 0.250. The highest BCUT2D eigenvalue weighted by Gasteiger charge is 2.39. The summed E-state index contributed by atoms with van der Waals surface area (Å²) >= 11 is 0. The molecule has 1 amide bonds. The van der Waals surface area contributed by atoms with Gasteiger partial charge in [0.25, 0.3) is 0 Å². The molecule has 1 aliphatic carbocycles. The Hall–Kier alpha value is -0.570. The predicted molar refractivity (Wildman–Crippen MR) is 57.7 cm³/mol. The topological polar surface area (TPSA) is 55.1 Å². The van der Waals surface area contributed by atoms with Crippen LogP contribution in [0, 0.1) is 17.8 Å². The van der Waals surface area contributed by atoms with Crippen LogP contribution in [0.25, 0.3) is 0 Å². The first kappa shape index (κ1) is 11.5. The minimum absolute atomic E-state index is 0.227. The molecule has 14 heavy (non-hydrogen) atoms. The summed E-state index contributed by atoms with van der Waals surface area (Å²) in [5.74, 6) is 1.55. The molecule has 0 aromatic heterocycles. The summed E-state index contributed by atoms with van der Waals surface area (Å²) in [7, 11) is 0. The third-order valence-corrected chi connectivity index (χ3v) is 3.06. The molecule has 1 saturated carbocycles. The zero-order valence-corrected chi connectivity index (χ0v) is 9.42. The molecule has 0 radical (unpaired) electrons. The van der Waals surface area contributed by atoms with Gasteiger partial charge in [0.05, 0.1) is 0 Å². The lowest BCUT2D eigenvalue weighted by molar-refractivity contribution is -0.123. The van der Waals surface area contributed by atoms with Gasteiger partial charge in [0.2, 0.25) is 5.91 Å². The largest absolute Gasteiger partial charge is 0.353 e. The van der Waals surface area contributed by atoms with Crippen molar-refractivity contribution in [2.45, 2.75) is 39.7 Å². The molecule has 0 bridgehead atoms. The van der Waals surface area contributed by atoms with Crippen molar-refractivity contribution in [3.8, 4) is 0 Å². The molecule has 3 nitrogen and oxygen atoms in total. The molecule has 3 heteroatoms. The minimum atomic E-state index is 0.227. The van der Waals surface area contributed by atoms with Crippen molar-refractivity contribution in [2.24, 2.45) is 23.5 Å². The number of carbonyl (C=O) groups is 1. The number of carbonyl (C=O) groups excluding carboxylic acids is 1. The van der Waals surface area contributed by atoms with E-state index in [0.29, 0.717) is 18.4 Å². The first-order valence-electron chi connectivity index (χ1n) is 5.56. The molecule has 3 unspecified atom stereocenters. The van der Waals surface area contributed by atoms with Crippen LogP contribution < -0.4 is 11.1 Å². The summed E-state index contributed by atoms with van der Waals surface area (Å²) in [4.78, 5) is 11.7. The van der Waals surface area contributed by atoms with E-state index >= 15 is 0 Å². The van der Waals surface area contributed by atoms with E-state index in [4.69, 9.17) is 5.73 Å². The second-order valence-electron chi connectivity index (χ2n) is 4.76. The summed E-state index contributed by atoms with van der Waals surface area (Å²) < 4.78 is 0. The molecule has 0 saturated heterocycles. The second kappa shape index (κ2) is 4.78. The van der Waals surface area contributed by atoms with Gasteiger partial charge < -0.3 is 11.1 Å². The molecule has 1 aliphatic rings. The standard InChI is InChI=1S/C11H22N2O/c1-7(2)10(4-5-12)13-11(14)9-6-8(9)3/h7-10H,4-6,12H2,1-3H3,(H,13,14). The molecule has 0 aromatic rings. The van der Waals surface area contributed by atoms with Crippen molar-refractivity contribution in [1.29, 1.82) is 0 Å². The lowest BCUT2D eigenvalue weighted by Gasteiger charge is -2.21. The van der Waals surface area contributed by atoms with Crippen LogP contribution >= 0.6 is 0 Å². The number of hydrogen-bond acceptors (Lipinski definition) is 2. The van der Waals surface area contributed by atoms with Gasteiger partial charge in [-0.05, 0) is 31.2 Å². The van der Waals surface area contributed by atoms with Gasteiger partial charge in [-0.3, -0.25) is 4.79 Å². The minimum Gasteiger partial charge on any atom is -0.353 e.